The molecule has 0 bridgehead atoms. The molecular formula is C26H26N6O2S2. The first kappa shape index (κ1) is 25.1. The summed E-state index contributed by atoms with van der Waals surface area (Å²) in [6, 6.07) is 26.5. The molecule has 0 aliphatic carbocycles. The smallest absolute Gasteiger partial charge is 0.229 e. The fourth-order valence-electron chi connectivity index (χ4n) is 3.71. The highest BCUT2D eigenvalue weighted by Gasteiger charge is 2.14. The normalized spacial score (nSPS) is 11.1. The molecule has 36 heavy (non-hydrogen) atoms. The van der Waals surface area contributed by atoms with E-state index in [1.807, 2.05) is 83.6 Å². The monoisotopic (exact) mass is 518 g/mol. The summed E-state index contributed by atoms with van der Waals surface area (Å²) in [4.78, 5) is 12.7. The summed E-state index contributed by atoms with van der Waals surface area (Å²) < 4.78 is 23.2. The molecule has 0 saturated heterocycles. The number of thiocarbonyl (C=S) groups is 1. The van der Waals surface area contributed by atoms with Crippen LogP contribution in [0.5, 0.6) is 0 Å². The zero-order chi connectivity index (χ0) is 25.7. The van der Waals surface area contributed by atoms with Crippen molar-refractivity contribution in [3.63, 3.8) is 0 Å². The number of rotatable bonds is 8. The standard InChI is InChI=1S/C26H26N6O2S2/c1-31(21-11-13-23(14-12-21)32(25(27)35)22-9-4-3-5-10-22)24-15-16-28-26(30-24)29-20-8-6-7-19(17-20)18-36(2,33)34/h3-17H,18H2,1-2H3,(H2,27,35)(H,28,29,30). The first-order valence-corrected chi connectivity index (χ1v) is 13.5. The minimum absolute atomic E-state index is 0.0290. The van der Waals surface area contributed by atoms with Crippen molar-refractivity contribution in [1.29, 1.82) is 0 Å². The van der Waals surface area contributed by atoms with Crippen LogP contribution in [0.4, 0.5) is 34.5 Å². The van der Waals surface area contributed by atoms with Gasteiger partial charge in [0, 0.05) is 42.2 Å². The van der Waals surface area contributed by atoms with Crippen LogP contribution < -0.4 is 20.9 Å². The van der Waals surface area contributed by atoms with Crippen LogP contribution >= 0.6 is 12.2 Å². The molecule has 0 radical (unpaired) electrons. The van der Waals surface area contributed by atoms with Crippen molar-refractivity contribution >= 4 is 61.7 Å². The van der Waals surface area contributed by atoms with Gasteiger partial charge < -0.3 is 16.0 Å². The van der Waals surface area contributed by atoms with E-state index in [4.69, 9.17) is 18.0 Å². The van der Waals surface area contributed by atoms with Gasteiger partial charge in [-0.2, -0.15) is 4.98 Å². The van der Waals surface area contributed by atoms with Crippen molar-refractivity contribution in [2.45, 2.75) is 5.75 Å². The number of anilines is 6. The van der Waals surface area contributed by atoms with E-state index in [0.29, 0.717) is 23.0 Å². The zero-order valence-electron chi connectivity index (χ0n) is 19.9. The molecule has 0 aliphatic rings. The van der Waals surface area contributed by atoms with Crippen molar-refractivity contribution in [2.24, 2.45) is 5.73 Å². The van der Waals surface area contributed by atoms with Crippen LogP contribution in [0.2, 0.25) is 0 Å². The van der Waals surface area contributed by atoms with Crippen molar-refractivity contribution in [2.75, 3.05) is 28.4 Å². The predicted octanol–water partition coefficient (Wildman–Crippen LogP) is 4.91. The van der Waals surface area contributed by atoms with E-state index in [9.17, 15) is 8.42 Å². The topological polar surface area (TPSA) is 104 Å². The van der Waals surface area contributed by atoms with Crippen LogP contribution in [0.3, 0.4) is 0 Å². The van der Waals surface area contributed by atoms with Gasteiger partial charge in [0.2, 0.25) is 5.95 Å². The Bertz CT molecular complexity index is 1460. The number of nitrogens with two attached hydrogens (primary N) is 1. The molecule has 4 aromatic rings. The van der Waals surface area contributed by atoms with E-state index in [0.717, 1.165) is 17.1 Å². The van der Waals surface area contributed by atoms with Gasteiger partial charge in [-0.25, -0.2) is 13.4 Å². The molecule has 3 N–H and O–H groups in total. The molecule has 10 heteroatoms. The number of nitrogens with zero attached hydrogens (tertiary/aromatic N) is 4. The van der Waals surface area contributed by atoms with E-state index >= 15 is 0 Å². The van der Waals surface area contributed by atoms with Gasteiger partial charge in [0.25, 0.3) is 0 Å². The highest BCUT2D eigenvalue weighted by molar-refractivity contribution is 7.89. The average Bonchev–Trinajstić information content (AvgIpc) is 2.84. The maximum atomic E-state index is 11.6. The third kappa shape index (κ3) is 6.35. The number of para-hydroxylation sites is 1. The average molecular weight is 519 g/mol. The molecule has 8 nitrogen and oxygen atoms in total. The van der Waals surface area contributed by atoms with Gasteiger partial charge >= 0.3 is 0 Å². The fraction of sp³-hybridized carbons (Fsp3) is 0.115. The first-order valence-electron chi connectivity index (χ1n) is 11.0. The minimum atomic E-state index is -3.13. The van der Waals surface area contributed by atoms with Crippen LogP contribution in [-0.2, 0) is 15.6 Å². The number of sulfone groups is 1. The lowest BCUT2D eigenvalue weighted by atomic mass is 10.2. The molecule has 0 amide bonds. The Balaban J connectivity index is 1.52. The van der Waals surface area contributed by atoms with Crippen molar-refractivity contribution in [3.8, 4) is 0 Å². The van der Waals surface area contributed by atoms with Crippen LogP contribution in [0.1, 0.15) is 5.56 Å². The van der Waals surface area contributed by atoms with Crippen LogP contribution in [0, 0.1) is 0 Å². The van der Waals surface area contributed by atoms with E-state index in [2.05, 4.69) is 15.3 Å². The Morgan fingerprint density at radius 1 is 0.944 bits per heavy atom. The number of aromatic nitrogens is 2. The lowest BCUT2D eigenvalue weighted by Gasteiger charge is -2.24. The van der Waals surface area contributed by atoms with Crippen molar-refractivity contribution in [1.82, 2.24) is 9.97 Å². The Kier molecular flexibility index (Phi) is 7.47. The Labute approximate surface area is 216 Å². The van der Waals surface area contributed by atoms with Gasteiger partial charge in [-0.3, -0.25) is 4.90 Å². The summed E-state index contributed by atoms with van der Waals surface area (Å²) in [6.07, 6.45) is 2.88. The molecule has 0 atom stereocenters. The Morgan fingerprint density at radius 2 is 1.61 bits per heavy atom. The molecule has 3 aromatic carbocycles. The Morgan fingerprint density at radius 3 is 2.28 bits per heavy atom. The molecule has 0 unspecified atom stereocenters. The largest absolute Gasteiger partial charge is 0.376 e. The SMILES string of the molecule is CN(c1ccc(N(C(N)=S)c2ccccc2)cc1)c1ccnc(Nc2cccc(CS(C)(=O)=O)c2)n1. The van der Waals surface area contributed by atoms with E-state index in [1.165, 1.54) is 6.26 Å². The number of nitrogens with one attached hydrogen (secondary N) is 1. The summed E-state index contributed by atoms with van der Waals surface area (Å²) in [5.41, 5.74) is 10.1. The van der Waals surface area contributed by atoms with Gasteiger partial charge in [0.05, 0.1) is 5.75 Å². The first-order chi connectivity index (χ1) is 17.2. The van der Waals surface area contributed by atoms with Gasteiger partial charge in [0.15, 0.2) is 14.9 Å². The minimum Gasteiger partial charge on any atom is -0.376 e. The fourth-order valence-corrected chi connectivity index (χ4v) is 4.70. The molecular weight excluding hydrogens is 492 g/mol. The lowest BCUT2D eigenvalue weighted by Crippen LogP contribution is -2.31. The summed E-state index contributed by atoms with van der Waals surface area (Å²) in [5, 5.41) is 3.41. The number of hydrogen-bond acceptors (Lipinski definition) is 7. The molecule has 0 spiro atoms. The van der Waals surface area contributed by atoms with Gasteiger partial charge in [-0.05, 0) is 72.4 Å². The Hall–Kier alpha value is -4.02. The zero-order valence-corrected chi connectivity index (χ0v) is 21.5. The third-order valence-electron chi connectivity index (χ3n) is 5.33. The second kappa shape index (κ2) is 10.7. The molecule has 0 fully saturated rings. The van der Waals surface area contributed by atoms with E-state index < -0.39 is 9.84 Å². The van der Waals surface area contributed by atoms with Gasteiger partial charge in [0.1, 0.15) is 5.82 Å². The van der Waals surface area contributed by atoms with E-state index in [-0.39, 0.29) is 10.9 Å². The molecule has 0 aliphatic heterocycles. The highest BCUT2D eigenvalue weighted by Crippen LogP contribution is 2.29. The molecule has 184 valence electrons. The predicted molar refractivity (Wildman–Crippen MR) is 150 cm³/mol. The maximum absolute atomic E-state index is 11.6. The lowest BCUT2D eigenvalue weighted by molar-refractivity contribution is 0.601. The van der Waals surface area contributed by atoms with Crippen LogP contribution in [-0.4, -0.2) is 36.8 Å². The summed E-state index contributed by atoms with van der Waals surface area (Å²) in [5.74, 6) is 1.05. The van der Waals surface area contributed by atoms with Crippen LogP contribution in [0.25, 0.3) is 0 Å². The van der Waals surface area contributed by atoms with Crippen molar-refractivity contribution in [3.05, 3.63) is 96.7 Å². The molecule has 0 saturated carbocycles. The van der Waals surface area contributed by atoms with E-state index in [1.54, 1.807) is 24.4 Å². The summed E-state index contributed by atoms with van der Waals surface area (Å²) >= 11 is 5.28. The van der Waals surface area contributed by atoms with Gasteiger partial charge in [-0.15, -0.1) is 0 Å². The second-order valence-corrected chi connectivity index (χ2v) is 10.8. The quantitative estimate of drug-likeness (QED) is 0.315. The molecule has 1 aromatic heterocycles. The highest BCUT2D eigenvalue weighted by atomic mass is 32.2. The summed E-state index contributed by atoms with van der Waals surface area (Å²) in [7, 11) is -1.21. The second-order valence-electron chi connectivity index (χ2n) is 8.22. The maximum Gasteiger partial charge on any atom is 0.229 e. The third-order valence-corrected chi connectivity index (χ3v) is 6.37. The molecule has 1 heterocycles. The van der Waals surface area contributed by atoms with Crippen molar-refractivity contribution < 1.29 is 8.42 Å². The number of hydrogen-bond donors (Lipinski definition) is 2. The molecule has 4 rings (SSSR count). The van der Waals surface area contributed by atoms with Crippen LogP contribution in [0.15, 0.2) is 91.1 Å². The van der Waals surface area contributed by atoms with Gasteiger partial charge in [-0.1, -0.05) is 30.3 Å². The number of benzene rings is 3. The summed E-state index contributed by atoms with van der Waals surface area (Å²) in [6.45, 7) is 0.